The van der Waals surface area contributed by atoms with Gasteiger partial charge in [-0.25, -0.2) is 0 Å². The van der Waals surface area contributed by atoms with Crippen molar-refractivity contribution in [3.8, 4) is 0 Å². The van der Waals surface area contributed by atoms with Crippen molar-refractivity contribution in [2.24, 2.45) is 0 Å². The summed E-state index contributed by atoms with van der Waals surface area (Å²) in [6.07, 6.45) is 1.01. The average Bonchev–Trinajstić information content (AvgIpc) is 2.17. The largest absolute Gasteiger partial charge is 0.397 e. The van der Waals surface area contributed by atoms with Crippen LogP contribution in [0.4, 0.5) is 11.4 Å². The number of nitrogens with zero attached hydrogens (tertiary/aromatic N) is 1. The van der Waals surface area contributed by atoms with Crippen LogP contribution in [0, 0.1) is 3.57 Å². The second-order valence-electron chi connectivity index (χ2n) is 3.47. The molecule has 1 aromatic rings. The normalized spacial score (nSPS) is 10.3. The summed E-state index contributed by atoms with van der Waals surface area (Å²) in [6.45, 7) is 1.74. The molecule has 0 fully saturated rings. The van der Waals surface area contributed by atoms with Gasteiger partial charge >= 0.3 is 0 Å². The highest BCUT2D eigenvalue weighted by molar-refractivity contribution is 14.1. The summed E-state index contributed by atoms with van der Waals surface area (Å²) < 4.78 is 6.18. The number of anilines is 2. The van der Waals surface area contributed by atoms with Gasteiger partial charge in [0.1, 0.15) is 0 Å². The van der Waals surface area contributed by atoms with Gasteiger partial charge in [0.25, 0.3) is 0 Å². The third-order valence-electron chi connectivity index (χ3n) is 2.24. The first kappa shape index (κ1) is 12.6. The van der Waals surface area contributed by atoms with Crippen molar-refractivity contribution in [3.05, 3.63) is 21.8 Å². The lowest BCUT2D eigenvalue weighted by molar-refractivity contribution is 0.196. The highest BCUT2D eigenvalue weighted by Crippen LogP contribution is 2.24. The van der Waals surface area contributed by atoms with Gasteiger partial charge in [-0.1, -0.05) is 0 Å². The molecule has 1 rings (SSSR count). The van der Waals surface area contributed by atoms with Crippen LogP contribution in [0.25, 0.3) is 0 Å². The van der Waals surface area contributed by atoms with Gasteiger partial charge in [-0.3, -0.25) is 0 Å². The number of ether oxygens (including phenoxy) is 1. The van der Waals surface area contributed by atoms with Gasteiger partial charge < -0.3 is 15.4 Å². The van der Waals surface area contributed by atoms with E-state index in [1.165, 1.54) is 3.57 Å². The first-order valence-corrected chi connectivity index (χ1v) is 5.98. The van der Waals surface area contributed by atoms with E-state index >= 15 is 0 Å². The van der Waals surface area contributed by atoms with Crippen LogP contribution in [-0.2, 0) is 4.74 Å². The van der Waals surface area contributed by atoms with Crippen molar-refractivity contribution < 1.29 is 4.74 Å². The summed E-state index contributed by atoms with van der Waals surface area (Å²) >= 11 is 2.26. The maximum Gasteiger partial charge on any atom is 0.0598 e. The van der Waals surface area contributed by atoms with Gasteiger partial charge in [0.15, 0.2) is 0 Å². The summed E-state index contributed by atoms with van der Waals surface area (Å²) in [5.74, 6) is 0. The van der Waals surface area contributed by atoms with Crippen molar-refractivity contribution in [1.82, 2.24) is 0 Å². The van der Waals surface area contributed by atoms with E-state index in [1.807, 2.05) is 13.1 Å². The second kappa shape index (κ2) is 6.17. The van der Waals surface area contributed by atoms with Crippen LogP contribution in [0.1, 0.15) is 6.42 Å². The zero-order chi connectivity index (χ0) is 11.3. The van der Waals surface area contributed by atoms with Crippen LogP contribution >= 0.6 is 22.6 Å². The number of hydrogen-bond acceptors (Lipinski definition) is 3. The number of nitrogens with two attached hydrogens (primary N) is 1. The fraction of sp³-hybridized carbons (Fsp3) is 0.455. The minimum atomic E-state index is 0.786. The van der Waals surface area contributed by atoms with Gasteiger partial charge in [-0.2, -0.15) is 0 Å². The number of hydrogen-bond donors (Lipinski definition) is 1. The summed E-state index contributed by atoms with van der Waals surface area (Å²) in [5.41, 5.74) is 7.87. The molecule has 0 unspecified atom stereocenters. The zero-order valence-corrected chi connectivity index (χ0v) is 11.3. The number of rotatable bonds is 5. The van der Waals surface area contributed by atoms with Crippen LogP contribution in [-0.4, -0.2) is 27.3 Å². The topological polar surface area (TPSA) is 38.5 Å². The Hall–Kier alpha value is -0.490. The van der Waals surface area contributed by atoms with E-state index in [0.29, 0.717) is 0 Å². The van der Waals surface area contributed by atoms with E-state index in [4.69, 9.17) is 10.5 Å². The molecule has 0 aliphatic rings. The Morgan fingerprint density at radius 1 is 1.47 bits per heavy atom. The van der Waals surface area contributed by atoms with Gasteiger partial charge in [0.2, 0.25) is 0 Å². The molecule has 2 N–H and O–H groups in total. The lowest BCUT2D eigenvalue weighted by atomic mass is 10.2. The molecule has 0 spiro atoms. The second-order valence-corrected chi connectivity index (χ2v) is 4.72. The quantitative estimate of drug-likeness (QED) is 0.514. The Morgan fingerprint density at radius 2 is 2.20 bits per heavy atom. The molecule has 1 aromatic carbocycles. The van der Waals surface area contributed by atoms with Crippen molar-refractivity contribution in [2.75, 3.05) is 37.9 Å². The minimum absolute atomic E-state index is 0.786. The molecule has 0 bridgehead atoms. The fourth-order valence-electron chi connectivity index (χ4n) is 1.44. The Kier molecular flexibility index (Phi) is 5.17. The van der Waals surface area contributed by atoms with E-state index in [9.17, 15) is 0 Å². The Balaban J connectivity index is 2.61. The molecule has 0 atom stereocenters. The Morgan fingerprint density at radius 3 is 2.80 bits per heavy atom. The first-order valence-electron chi connectivity index (χ1n) is 4.90. The fourth-order valence-corrected chi connectivity index (χ4v) is 1.95. The van der Waals surface area contributed by atoms with Crippen LogP contribution < -0.4 is 10.6 Å². The van der Waals surface area contributed by atoms with Gasteiger partial charge in [0, 0.05) is 30.9 Å². The molecule has 0 heterocycles. The Bertz CT molecular complexity index is 317. The molecule has 0 aliphatic heterocycles. The van der Waals surface area contributed by atoms with E-state index in [1.54, 1.807) is 7.11 Å². The molecule has 0 aliphatic carbocycles. The van der Waals surface area contributed by atoms with Crippen molar-refractivity contribution in [3.63, 3.8) is 0 Å². The van der Waals surface area contributed by atoms with Crippen molar-refractivity contribution in [2.45, 2.75) is 6.42 Å². The summed E-state index contributed by atoms with van der Waals surface area (Å²) in [5, 5.41) is 0. The summed E-state index contributed by atoms with van der Waals surface area (Å²) in [4.78, 5) is 2.16. The predicted octanol–water partition coefficient (Wildman–Crippen LogP) is 2.35. The summed E-state index contributed by atoms with van der Waals surface area (Å²) in [7, 11) is 3.77. The third kappa shape index (κ3) is 3.87. The maximum atomic E-state index is 5.95. The molecule has 15 heavy (non-hydrogen) atoms. The molecular weight excluding hydrogens is 303 g/mol. The van der Waals surface area contributed by atoms with Crippen LogP contribution in [0.2, 0.25) is 0 Å². The first-order chi connectivity index (χ1) is 7.15. The number of methoxy groups -OCH3 is 1. The Labute approximate surface area is 105 Å². The highest BCUT2D eigenvalue weighted by Gasteiger charge is 2.04. The van der Waals surface area contributed by atoms with Crippen LogP contribution in [0.3, 0.4) is 0 Å². The van der Waals surface area contributed by atoms with Crippen molar-refractivity contribution in [1.29, 1.82) is 0 Å². The van der Waals surface area contributed by atoms with Gasteiger partial charge in [-0.05, 0) is 47.2 Å². The molecule has 3 nitrogen and oxygen atoms in total. The van der Waals surface area contributed by atoms with E-state index < -0.39 is 0 Å². The van der Waals surface area contributed by atoms with Gasteiger partial charge in [-0.15, -0.1) is 0 Å². The highest BCUT2D eigenvalue weighted by atomic mass is 127. The predicted molar refractivity (Wildman–Crippen MR) is 73.3 cm³/mol. The maximum absolute atomic E-state index is 5.95. The van der Waals surface area contributed by atoms with Crippen LogP contribution in [0.5, 0.6) is 0 Å². The molecule has 0 amide bonds. The van der Waals surface area contributed by atoms with Gasteiger partial charge in [0.05, 0.1) is 11.4 Å². The summed E-state index contributed by atoms with van der Waals surface area (Å²) in [6, 6.07) is 6.12. The molecular formula is C11H17IN2O. The smallest absolute Gasteiger partial charge is 0.0598 e. The SMILES string of the molecule is COCCCN(C)c1ccc(I)cc1N. The van der Waals surface area contributed by atoms with E-state index in [2.05, 4.69) is 39.6 Å². The lowest BCUT2D eigenvalue weighted by Crippen LogP contribution is -2.20. The molecule has 84 valence electrons. The lowest BCUT2D eigenvalue weighted by Gasteiger charge is -2.21. The number of benzene rings is 1. The third-order valence-corrected chi connectivity index (χ3v) is 2.91. The molecule has 0 radical (unpaired) electrons. The monoisotopic (exact) mass is 320 g/mol. The van der Waals surface area contributed by atoms with Crippen LogP contribution in [0.15, 0.2) is 18.2 Å². The standard InChI is InChI=1S/C11H17IN2O/c1-14(6-3-7-15-2)11-5-4-9(12)8-10(11)13/h4-5,8H,3,6-7,13H2,1-2H3. The van der Waals surface area contributed by atoms with E-state index in [0.717, 1.165) is 30.9 Å². The molecule has 4 heteroatoms. The molecule has 0 saturated heterocycles. The zero-order valence-electron chi connectivity index (χ0n) is 9.16. The number of halogens is 1. The number of nitrogen functional groups attached to an aromatic ring is 1. The molecule has 0 aromatic heterocycles. The molecule has 0 saturated carbocycles. The average molecular weight is 320 g/mol. The minimum Gasteiger partial charge on any atom is -0.397 e. The van der Waals surface area contributed by atoms with Crippen molar-refractivity contribution >= 4 is 34.0 Å². The van der Waals surface area contributed by atoms with E-state index in [-0.39, 0.29) is 0 Å².